The molecule has 2 fully saturated rings. The highest BCUT2D eigenvalue weighted by Gasteiger charge is 2.38. The molecule has 0 radical (unpaired) electrons. The van der Waals surface area contributed by atoms with E-state index < -0.39 is 6.10 Å². The maximum atomic E-state index is 12.6. The predicted octanol–water partition coefficient (Wildman–Crippen LogP) is 2.72. The first kappa shape index (κ1) is 20.1. The number of aryl methyl sites for hydroxylation is 1. The number of aliphatic hydroxyl groups is 1. The molecule has 2 N–H and O–H groups in total. The Balaban J connectivity index is 1.47. The summed E-state index contributed by atoms with van der Waals surface area (Å²) in [5.41, 5.74) is 2.12. The number of amides is 2. The number of nitrogens with zero attached hydrogens (tertiary/aromatic N) is 2. The lowest BCUT2D eigenvalue weighted by Gasteiger charge is -2.33. The summed E-state index contributed by atoms with van der Waals surface area (Å²) >= 11 is 0. The molecule has 1 aromatic rings. The van der Waals surface area contributed by atoms with E-state index in [1.54, 1.807) is 4.90 Å². The van der Waals surface area contributed by atoms with Crippen LogP contribution in [0.3, 0.4) is 0 Å². The zero-order valence-corrected chi connectivity index (χ0v) is 16.4. The van der Waals surface area contributed by atoms with Gasteiger partial charge in [-0.15, -0.1) is 0 Å². The van der Waals surface area contributed by atoms with Crippen LogP contribution in [0.4, 0.5) is 10.5 Å². The molecule has 0 spiro atoms. The van der Waals surface area contributed by atoms with E-state index in [4.69, 9.17) is 4.74 Å². The van der Waals surface area contributed by atoms with E-state index in [0.717, 1.165) is 25.2 Å². The van der Waals surface area contributed by atoms with Crippen LogP contribution in [0.25, 0.3) is 0 Å². The molecule has 0 aliphatic carbocycles. The molecule has 0 unspecified atom stereocenters. The van der Waals surface area contributed by atoms with Crippen molar-refractivity contribution in [3.05, 3.63) is 29.8 Å². The highest BCUT2D eigenvalue weighted by molar-refractivity contribution is 5.89. The monoisotopic (exact) mass is 375 g/mol. The van der Waals surface area contributed by atoms with Crippen LogP contribution in [0.2, 0.25) is 0 Å². The van der Waals surface area contributed by atoms with Gasteiger partial charge in [0.15, 0.2) is 0 Å². The molecule has 2 atom stereocenters. The Hall–Kier alpha value is -1.63. The molecule has 1 aromatic carbocycles. The number of nitrogens with one attached hydrogen (secondary N) is 1. The summed E-state index contributed by atoms with van der Waals surface area (Å²) in [5, 5.41) is 13.3. The van der Waals surface area contributed by atoms with Crippen LogP contribution in [0, 0.1) is 0 Å². The third-order valence-electron chi connectivity index (χ3n) is 5.59. The molecule has 3 rings (SSSR count). The Labute approximate surface area is 162 Å². The minimum Gasteiger partial charge on any atom is -0.390 e. The Morgan fingerprint density at radius 1 is 1.15 bits per heavy atom. The standard InChI is InChI=1S/C21H33N3O3/c1-2-3-4-5-6-17-7-9-18(10-8-17)22-21(26)24-15-19(20(25)16-24)23-11-13-27-14-12-23/h7-10,19-20,25H,2-6,11-16H2,1H3,(H,22,26)/t19-,20-/m0/s1. The molecule has 27 heavy (non-hydrogen) atoms. The SMILES string of the molecule is CCCCCCc1ccc(NC(=O)N2C[C@H](O)[C@@H](N3CCOCC3)C2)cc1. The highest BCUT2D eigenvalue weighted by atomic mass is 16.5. The van der Waals surface area contributed by atoms with Gasteiger partial charge in [-0.2, -0.15) is 0 Å². The van der Waals surface area contributed by atoms with Crippen molar-refractivity contribution in [1.29, 1.82) is 0 Å². The zero-order chi connectivity index (χ0) is 19.1. The number of ether oxygens (including phenoxy) is 1. The van der Waals surface area contributed by atoms with E-state index in [2.05, 4.69) is 29.3 Å². The van der Waals surface area contributed by atoms with Crippen molar-refractivity contribution in [1.82, 2.24) is 9.80 Å². The summed E-state index contributed by atoms with van der Waals surface area (Å²) in [6.45, 7) is 6.18. The van der Waals surface area contributed by atoms with Crippen LogP contribution < -0.4 is 5.32 Å². The van der Waals surface area contributed by atoms with E-state index in [1.807, 2.05) is 12.1 Å². The molecule has 2 amide bonds. The number of rotatable bonds is 7. The van der Waals surface area contributed by atoms with Gasteiger partial charge in [-0.1, -0.05) is 38.3 Å². The summed E-state index contributed by atoms with van der Waals surface area (Å²) in [6.07, 6.45) is 5.63. The van der Waals surface area contributed by atoms with Crippen LogP contribution in [-0.2, 0) is 11.2 Å². The Kier molecular flexibility index (Phi) is 7.50. The number of anilines is 1. The number of β-amino-alcohol motifs (C(OH)–C–C–N with tert-alkyl or cyclic N) is 1. The number of hydrogen-bond acceptors (Lipinski definition) is 4. The van der Waals surface area contributed by atoms with Crippen LogP contribution >= 0.6 is 0 Å². The van der Waals surface area contributed by atoms with E-state index >= 15 is 0 Å². The van der Waals surface area contributed by atoms with Gasteiger partial charge < -0.3 is 20.1 Å². The largest absolute Gasteiger partial charge is 0.390 e. The van der Waals surface area contributed by atoms with Gasteiger partial charge in [0, 0.05) is 25.3 Å². The Morgan fingerprint density at radius 3 is 2.59 bits per heavy atom. The van der Waals surface area contributed by atoms with Crippen LogP contribution in [0.5, 0.6) is 0 Å². The topological polar surface area (TPSA) is 65.0 Å². The molecule has 2 heterocycles. The van der Waals surface area contributed by atoms with Gasteiger partial charge in [0.1, 0.15) is 0 Å². The van der Waals surface area contributed by atoms with Gasteiger partial charge in [-0.3, -0.25) is 4.90 Å². The van der Waals surface area contributed by atoms with E-state index in [0.29, 0.717) is 26.3 Å². The molecule has 6 nitrogen and oxygen atoms in total. The first-order valence-electron chi connectivity index (χ1n) is 10.3. The number of urea groups is 1. The maximum absolute atomic E-state index is 12.6. The maximum Gasteiger partial charge on any atom is 0.321 e. The first-order chi connectivity index (χ1) is 13.2. The van der Waals surface area contributed by atoms with Gasteiger partial charge in [-0.05, 0) is 30.5 Å². The molecule has 150 valence electrons. The number of hydrogen-bond donors (Lipinski definition) is 2. The second-order valence-electron chi connectivity index (χ2n) is 7.63. The van der Waals surface area contributed by atoms with Crippen molar-refractivity contribution >= 4 is 11.7 Å². The number of carbonyl (C=O) groups excluding carboxylic acids is 1. The van der Waals surface area contributed by atoms with Crippen molar-refractivity contribution in [2.24, 2.45) is 0 Å². The van der Waals surface area contributed by atoms with Crippen molar-refractivity contribution < 1.29 is 14.6 Å². The fourth-order valence-electron chi connectivity index (χ4n) is 3.92. The quantitative estimate of drug-likeness (QED) is 0.719. The highest BCUT2D eigenvalue weighted by Crippen LogP contribution is 2.19. The summed E-state index contributed by atoms with van der Waals surface area (Å²) in [7, 11) is 0. The van der Waals surface area contributed by atoms with Gasteiger partial charge >= 0.3 is 6.03 Å². The summed E-state index contributed by atoms with van der Waals surface area (Å²) < 4.78 is 5.38. The minimum atomic E-state index is -0.501. The lowest BCUT2D eigenvalue weighted by Crippen LogP contribution is -2.49. The minimum absolute atomic E-state index is 0.00477. The third kappa shape index (κ3) is 5.67. The molecular formula is C21H33N3O3. The van der Waals surface area contributed by atoms with E-state index in [-0.39, 0.29) is 12.1 Å². The Bertz CT molecular complexity index is 587. The zero-order valence-electron chi connectivity index (χ0n) is 16.4. The number of carbonyl (C=O) groups is 1. The van der Waals surface area contributed by atoms with Crippen LogP contribution in [0.15, 0.2) is 24.3 Å². The summed E-state index contributed by atoms with van der Waals surface area (Å²) in [5.74, 6) is 0. The Morgan fingerprint density at radius 2 is 1.89 bits per heavy atom. The molecule has 0 saturated carbocycles. The molecule has 6 heteroatoms. The molecular weight excluding hydrogens is 342 g/mol. The second kappa shape index (κ2) is 10.1. The van der Waals surface area contributed by atoms with Crippen LogP contribution in [-0.4, -0.2) is 72.5 Å². The van der Waals surface area contributed by atoms with Gasteiger partial charge in [0.2, 0.25) is 0 Å². The third-order valence-corrected chi connectivity index (χ3v) is 5.59. The van der Waals surface area contributed by atoms with Gasteiger partial charge in [0.05, 0.1) is 31.9 Å². The molecule has 2 aliphatic rings. The van der Waals surface area contributed by atoms with Crippen molar-refractivity contribution in [3.63, 3.8) is 0 Å². The average Bonchev–Trinajstić information content (AvgIpc) is 3.09. The number of aliphatic hydroxyl groups excluding tert-OH is 1. The number of morpholine rings is 1. The van der Waals surface area contributed by atoms with E-state index in [9.17, 15) is 9.90 Å². The predicted molar refractivity (Wildman–Crippen MR) is 107 cm³/mol. The summed E-state index contributed by atoms with van der Waals surface area (Å²) in [4.78, 5) is 16.5. The fourth-order valence-corrected chi connectivity index (χ4v) is 3.92. The summed E-state index contributed by atoms with van der Waals surface area (Å²) in [6, 6.07) is 8.00. The molecule has 0 aromatic heterocycles. The second-order valence-corrected chi connectivity index (χ2v) is 7.63. The van der Waals surface area contributed by atoms with Gasteiger partial charge in [-0.25, -0.2) is 4.79 Å². The smallest absolute Gasteiger partial charge is 0.321 e. The molecule has 2 aliphatic heterocycles. The number of unbranched alkanes of at least 4 members (excludes halogenated alkanes) is 3. The fraction of sp³-hybridized carbons (Fsp3) is 0.667. The van der Waals surface area contributed by atoms with Crippen molar-refractivity contribution in [2.45, 2.75) is 51.2 Å². The number of benzene rings is 1. The lowest BCUT2D eigenvalue weighted by molar-refractivity contribution is -0.00607. The van der Waals surface area contributed by atoms with Crippen molar-refractivity contribution in [3.8, 4) is 0 Å². The normalized spacial score (nSPS) is 23.6. The number of likely N-dealkylation sites (tertiary alicyclic amines) is 1. The van der Waals surface area contributed by atoms with Crippen LogP contribution in [0.1, 0.15) is 38.2 Å². The first-order valence-corrected chi connectivity index (χ1v) is 10.3. The van der Waals surface area contributed by atoms with Gasteiger partial charge in [0.25, 0.3) is 0 Å². The lowest BCUT2D eigenvalue weighted by atomic mass is 10.1. The molecule has 0 bridgehead atoms. The molecule has 2 saturated heterocycles. The average molecular weight is 376 g/mol. The van der Waals surface area contributed by atoms with E-state index in [1.165, 1.54) is 31.2 Å². The van der Waals surface area contributed by atoms with Crippen molar-refractivity contribution in [2.75, 3.05) is 44.7 Å².